The van der Waals surface area contributed by atoms with E-state index >= 15 is 0 Å². The fraction of sp³-hybridized carbons (Fsp3) is 0.875. The van der Waals surface area contributed by atoms with Crippen LogP contribution in [0.15, 0.2) is 0 Å². The molecule has 16 heavy (non-hydrogen) atoms. The monoisotopic (exact) mass is 218 g/mol. The first-order valence-electron chi connectivity index (χ1n) is 7.49. The Morgan fingerprint density at radius 1 is 0.688 bits per heavy atom. The third-order valence-corrected chi connectivity index (χ3v) is 5.78. The molecule has 3 aliphatic rings. The van der Waals surface area contributed by atoms with E-state index in [-0.39, 0.29) is 0 Å². The molecule has 2 radical (unpaired) electrons. The van der Waals surface area contributed by atoms with Gasteiger partial charge in [0, 0.05) is 0 Å². The molecule has 0 N–H and O–H groups in total. The summed E-state index contributed by atoms with van der Waals surface area (Å²) in [5.41, 5.74) is 1.48. The van der Waals surface area contributed by atoms with Crippen molar-refractivity contribution < 1.29 is 0 Å². The molecule has 0 aromatic carbocycles. The molecule has 0 bridgehead atoms. The van der Waals surface area contributed by atoms with Crippen molar-refractivity contribution in [2.24, 2.45) is 10.8 Å². The van der Waals surface area contributed by atoms with Gasteiger partial charge in [-0.25, -0.2) is 0 Å². The molecule has 0 saturated heterocycles. The minimum absolute atomic E-state index is 0.678. The first-order valence-corrected chi connectivity index (χ1v) is 7.49. The Bertz CT molecular complexity index is 190. The molecule has 90 valence electrons. The molecule has 0 heterocycles. The first kappa shape index (κ1) is 11.1. The van der Waals surface area contributed by atoms with Crippen molar-refractivity contribution in [2.75, 3.05) is 0 Å². The Balaban J connectivity index is 1.61. The van der Waals surface area contributed by atoms with Gasteiger partial charge in [0.25, 0.3) is 0 Å². The summed E-state index contributed by atoms with van der Waals surface area (Å²) in [4.78, 5) is 0. The standard InChI is InChI=1S/C16H26/c1-3-7-15(8-4-1)11-13-16(14-12-15)9-5-2-6-10-16/h1,7H,2-6,8-14H2. The van der Waals surface area contributed by atoms with Crippen molar-refractivity contribution in [3.63, 3.8) is 0 Å². The van der Waals surface area contributed by atoms with E-state index in [0.717, 1.165) is 5.41 Å². The van der Waals surface area contributed by atoms with Crippen LogP contribution in [0.25, 0.3) is 0 Å². The van der Waals surface area contributed by atoms with Gasteiger partial charge in [-0.2, -0.15) is 0 Å². The third-order valence-electron chi connectivity index (χ3n) is 5.78. The zero-order valence-electron chi connectivity index (χ0n) is 10.6. The van der Waals surface area contributed by atoms with Crippen LogP contribution >= 0.6 is 0 Å². The highest BCUT2D eigenvalue weighted by Gasteiger charge is 2.43. The van der Waals surface area contributed by atoms with E-state index < -0.39 is 0 Å². The molecule has 0 nitrogen and oxygen atoms in total. The van der Waals surface area contributed by atoms with Crippen LogP contribution in [-0.2, 0) is 0 Å². The van der Waals surface area contributed by atoms with Crippen LogP contribution in [0.2, 0.25) is 0 Å². The molecule has 3 rings (SSSR count). The molecule has 0 aliphatic heterocycles. The van der Waals surface area contributed by atoms with E-state index in [0.29, 0.717) is 5.41 Å². The molecule has 3 saturated carbocycles. The molecule has 0 atom stereocenters. The van der Waals surface area contributed by atoms with Crippen molar-refractivity contribution in [1.82, 2.24) is 0 Å². The van der Waals surface area contributed by atoms with Crippen LogP contribution < -0.4 is 0 Å². The Hall–Kier alpha value is 0. The van der Waals surface area contributed by atoms with E-state index in [1.54, 1.807) is 25.7 Å². The summed E-state index contributed by atoms with van der Waals surface area (Å²) in [6.45, 7) is 0. The molecule has 2 spiro atoms. The Morgan fingerprint density at radius 3 is 2.06 bits per heavy atom. The second kappa shape index (κ2) is 4.35. The topological polar surface area (TPSA) is 0 Å². The average Bonchev–Trinajstić information content (AvgIpc) is 2.36. The summed E-state index contributed by atoms with van der Waals surface area (Å²) in [7, 11) is 0. The lowest BCUT2D eigenvalue weighted by atomic mass is 9.56. The molecule has 3 fully saturated rings. The van der Waals surface area contributed by atoms with Crippen LogP contribution in [0.5, 0.6) is 0 Å². The summed E-state index contributed by atoms with van der Waals surface area (Å²) >= 11 is 0. The van der Waals surface area contributed by atoms with Crippen LogP contribution in [0.3, 0.4) is 0 Å². The number of hydrogen-bond donors (Lipinski definition) is 0. The van der Waals surface area contributed by atoms with Gasteiger partial charge in [0.05, 0.1) is 0 Å². The van der Waals surface area contributed by atoms with Gasteiger partial charge < -0.3 is 0 Å². The van der Waals surface area contributed by atoms with E-state index in [2.05, 4.69) is 12.8 Å². The lowest BCUT2D eigenvalue weighted by Gasteiger charge is -2.49. The molecule has 0 heteroatoms. The second-order valence-corrected chi connectivity index (χ2v) is 6.69. The largest absolute Gasteiger partial charge is 0.0533 e. The highest BCUT2D eigenvalue weighted by molar-refractivity contribution is 5.04. The average molecular weight is 218 g/mol. The van der Waals surface area contributed by atoms with Crippen LogP contribution in [0.4, 0.5) is 0 Å². The maximum atomic E-state index is 2.66. The third kappa shape index (κ3) is 2.05. The number of hydrogen-bond acceptors (Lipinski definition) is 0. The molecule has 0 aromatic heterocycles. The van der Waals surface area contributed by atoms with E-state index in [1.807, 2.05) is 0 Å². The lowest BCUT2D eigenvalue weighted by molar-refractivity contribution is 0.0524. The van der Waals surface area contributed by atoms with Crippen molar-refractivity contribution in [3.05, 3.63) is 12.8 Å². The van der Waals surface area contributed by atoms with Crippen molar-refractivity contribution in [1.29, 1.82) is 0 Å². The summed E-state index contributed by atoms with van der Waals surface area (Å²) in [5.74, 6) is 0. The SMILES string of the molecule is [CH]1C[CH]C2(CC1)CCC1(CCCCC1)CC2. The van der Waals surface area contributed by atoms with Gasteiger partial charge in [0.15, 0.2) is 0 Å². The predicted octanol–water partition coefficient (Wildman–Crippen LogP) is 5.09. The fourth-order valence-corrected chi connectivity index (χ4v) is 4.48. The van der Waals surface area contributed by atoms with E-state index in [1.165, 1.54) is 51.4 Å². The van der Waals surface area contributed by atoms with Gasteiger partial charge in [0.2, 0.25) is 0 Å². The Kier molecular flexibility index (Phi) is 3.02. The van der Waals surface area contributed by atoms with Crippen molar-refractivity contribution in [3.8, 4) is 0 Å². The molecule has 3 aliphatic carbocycles. The minimum atomic E-state index is 0.678. The highest BCUT2D eigenvalue weighted by atomic mass is 14.5. The predicted molar refractivity (Wildman–Crippen MR) is 68.9 cm³/mol. The van der Waals surface area contributed by atoms with Crippen molar-refractivity contribution >= 4 is 0 Å². The van der Waals surface area contributed by atoms with Crippen LogP contribution in [-0.4, -0.2) is 0 Å². The fourth-order valence-electron chi connectivity index (χ4n) is 4.48. The molecule has 0 unspecified atom stereocenters. The lowest BCUT2D eigenvalue weighted by Crippen LogP contribution is -2.37. The zero-order chi connectivity index (χ0) is 10.9. The van der Waals surface area contributed by atoms with Crippen molar-refractivity contribution in [2.45, 2.75) is 77.0 Å². The normalized spacial score (nSPS) is 33.0. The second-order valence-electron chi connectivity index (χ2n) is 6.69. The van der Waals surface area contributed by atoms with Crippen LogP contribution in [0, 0.1) is 23.7 Å². The highest BCUT2D eigenvalue weighted by Crippen LogP contribution is 2.56. The Labute approximate surface area is 101 Å². The van der Waals surface area contributed by atoms with Gasteiger partial charge in [-0.1, -0.05) is 19.3 Å². The summed E-state index contributed by atoms with van der Waals surface area (Å²) in [6, 6.07) is 0. The van der Waals surface area contributed by atoms with Gasteiger partial charge in [0.1, 0.15) is 0 Å². The summed E-state index contributed by atoms with van der Waals surface area (Å²) in [5, 5.41) is 0. The van der Waals surface area contributed by atoms with E-state index in [4.69, 9.17) is 0 Å². The molecule has 0 amide bonds. The van der Waals surface area contributed by atoms with E-state index in [9.17, 15) is 0 Å². The quantitative estimate of drug-likeness (QED) is 0.531. The Morgan fingerprint density at radius 2 is 1.44 bits per heavy atom. The van der Waals surface area contributed by atoms with Gasteiger partial charge in [-0.05, 0) is 81.5 Å². The van der Waals surface area contributed by atoms with Gasteiger partial charge in [-0.3, -0.25) is 0 Å². The maximum absolute atomic E-state index is 2.66. The summed E-state index contributed by atoms with van der Waals surface area (Å²) < 4.78 is 0. The molecule has 0 aromatic rings. The molecular formula is C16H26. The number of rotatable bonds is 0. The molecular weight excluding hydrogens is 192 g/mol. The minimum Gasteiger partial charge on any atom is -0.0533 e. The van der Waals surface area contributed by atoms with Gasteiger partial charge in [-0.15, -0.1) is 0 Å². The van der Waals surface area contributed by atoms with Gasteiger partial charge >= 0.3 is 0 Å². The zero-order valence-corrected chi connectivity index (χ0v) is 10.6. The smallest absolute Gasteiger partial charge is 0.0266 e. The summed E-state index contributed by atoms with van der Waals surface area (Å²) in [6.07, 6.45) is 23.0. The maximum Gasteiger partial charge on any atom is -0.0266 e. The van der Waals surface area contributed by atoms with Crippen LogP contribution in [0.1, 0.15) is 77.0 Å². The first-order chi connectivity index (χ1) is 7.83.